The van der Waals surface area contributed by atoms with Gasteiger partial charge in [-0.2, -0.15) is 0 Å². The normalized spacial score (nSPS) is 17.2. The SMILES string of the molecule is CNCc1sc(S(=O)(=O)NCCC2CCCCC2)cc1C. The maximum Gasteiger partial charge on any atom is 0.250 e. The number of rotatable bonds is 7. The van der Waals surface area contributed by atoms with Crippen molar-refractivity contribution in [3.8, 4) is 0 Å². The Bertz CT molecular complexity index is 546. The van der Waals surface area contributed by atoms with E-state index in [4.69, 9.17) is 0 Å². The van der Waals surface area contributed by atoms with Gasteiger partial charge >= 0.3 is 0 Å². The van der Waals surface area contributed by atoms with Crippen molar-refractivity contribution in [2.75, 3.05) is 13.6 Å². The maximum atomic E-state index is 12.3. The van der Waals surface area contributed by atoms with Crippen LogP contribution in [0.1, 0.15) is 49.0 Å². The van der Waals surface area contributed by atoms with Crippen LogP contribution in [0, 0.1) is 12.8 Å². The largest absolute Gasteiger partial charge is 0.315 e. The topological polar surface area (TPSA) is 58.2 Å². The molecule has 4 nitrogen and oxygen atoms in total. The molecule has 0 amide bonds. The van der Waals surface area contributed by atoms with E-state index < -0.39 is 10.0 Å². The number of aryl methyl sites for hydroxylation is 1. The molecular weight excluding hydrogens is 304 g/mol. The van der Waals surface area contributed by atoms with E-state index in [-0.39, 0.29) is 0 Å². The molecule has 0 aliphatic heterocycles. The lowest BCUT2D eigenvalue weighted by atomic mass is 9.87. The zero-order valence-corrected chi connectivity index (χ0v) is 14.6. The molecule has 2 N–H and O–H groups in total. The average Bonchev–Trinajstić information content (AvgIpc) is 2.83. The minimum atomic E-state index is -3.34. The first-order valence-corrected chi connectivity index (χ1v) is 10.1. The predicted octanol–water partition coefficient (Wildman–Crippen LogP) is 3.02. The fraction of sp³-hybridized carbons (Fsp3) is 0.733. The molecule has 6 heteroatoms. The van der Waals surface area contributed by atoms with Gasteiger partial charge in [0, 0.05) is 18.0 Å². The summed E-state index contributed by atoms with van der Waals surface area (Å²) in [6.07, 6.45) is 7.42. The molecule has 0 aromatic carbocycles. The van der Waals surface area contributed by atoms with Crippen LogP contribution in [0.2, 0.25) is 0 Å². The summed E-state index contributed by atoms with van der Waals surface area (Å²) < 4.78 is 27.9. The average molecular weight is 331 g/mol. The Morgan fingerprint density at radius 3 is 2.67 bits per heavy atom. The van der Waals surface area contributed by atoms with E-state index in [0.29, 0.717) is 23.2 Å². The van der Waals surface area contributed by atoms with Gasteiger partial charge in [-0.25, -0.2) is 13.1 Å². The van der Waals surface area contributed by atoms with Crippen molar-refractivity contribution in [2.45, 2.75) is 56.2 Å². The summed E-state index contributed by atoms with van der Waals surface area (Å²) >= 11 is 1.36. The van der Waals surface area contributed by atoms with E-state index in [9.17, 15) is 8.42 Å². The molecular formula is C15H26N2O2S2. The van der Waals surface area contributed by atoms with E-state index >= 15 is 0 Å². The predicted molar refractivity (Wildman–Crippen MR) is 88.2 cm³/mol. The van der Waals surface area contributed by atoms with Gasteiger partial charge in [-0.15, -0.1) is 11.3 Å². The van der Waals surface area contributed by atoms with Crippen LogP contribution in [0.15, 0.2) is 10.3 Å². The van der Waals surface area contributed by atoms with Gasteiger partial charge in [0.25, 0.3) is 0 Å². The highest BCUT2D eigenvalue weighted by Gasteiger charge is 2.19. The van der Waals surface area contributed by atoms with Crippen molar-refractivity contribution in [1.82, 2.24) is 10.0 Å². The Labute approximate surface area is 132 Å². The number of hydrogen-bond donors (Lipinski definition) is 2. The molecule has 0 saturated heterocycles. The lowest BCUT2D eigenvalue weighted by molar-refractivity contribution is 0.340. The van der Waals surface area contributed by atoms with Crippen LogP contribution < -0.4 is 10.0 Å². The van der Waals surface area contributed by atoms with Crippen LogP contribution >= 0.6 is 11.3 Å². The van der Waals surface area contributed by atoms with Crippen molar-refractivity contribution < 1.29 is 8.42 Å². The fourth-order valence-corrected chi connectivity index (χ4v) is 5.59. The molecule has 1 aromatic heterocycles. The van der Waals surface area contributed by atoms with E-state index in [0.717, 1.165) is 16.9 Å². The molecule has 0 bridgehead atoms. The first-order valence-electron chi connectivity index (χ1n) is 7.76. The molecule has 0 unspecified atom stereocenters. The summed E-state index contributed by atoms with van der Waals surface area (Å²) in [7, 11) is -1.47. The zero-order valence-electron chi connectivity index (χ0n) is 12.9. The summed E-state index contributed by atoms with van der Waals surface area (Å²) in [4.78, 5) is 1.09. The highest BCUT2D eigenvalue weighted by Crippen LogP contribution is 2.27. The van der Waals surface area contributed by atoms with E-state index in [2.05, 4.69) is 10.0 Å². The van der Waals surface area contributed by atoms with Crippen LogP contribution in [0.5, 0.6) is 0 Å². The Balaban J connectivity index is 1.90. The second-order valence-corrected chi connectivity index (χ2v) is 9.02. The van der Waals surface area contributed by atoms with Crippen LogP contribution in [0.25, 0.3) is 0 Å². The number of nitrogens with one attached hydrogen (secondary N) is 2. The quantitative estimate of drug-likeness (QED) is 0.808. The highest BCUT2D eigenvalue weighted by molar-refractivity contribution is 7.91. The summed E-state index contributed by atoms with van der Waals surface area (Å²) in [5.41, 5.74) is 1.04. The van der Waals surface area contributed by atoms with Gasteiger partial charge in [-0.05, 0) is 37.9 Å². The monoisotopic (exact) mass is 330 g/mol. The minimum absolute atomic E-state index is 0.439. The Morgan fingerprint density at radius 2 is 2.00 bits per heavy atom. The van der Waals surface area contributed by atoms with E-state index in [1.165, 1.54) is 43.4 Å². The van der Waals surface area contributed by atoms with E-state index in [1.54, 1.807) is 6.07 Å². The summed E-state index contributed by atoms with van der Waals surface area (Å²) in [6.45, 7) is 3.24. The third kappa shape index (κ3) is 4.77. The minimum Gasteiger partial charge on any atom is -0.315 e. The molecule has 1 heterocycles. The molecule has 1 saturated carbocycles. The van der Waals surface area contributed by atoms with Crippen molar-refractivity contribution in [3.63, 3.8) is 0 Å². The van der Waals surface area contributed by atoms with Gasteiger partial charge in [0.2, 0.25) is 10.0 Å². The highest BCUT2D eigenvalue weighted by atomic mass is 32.2. The molecule has 1 aliphatic carbocycles. The Hall–Kier alpha value is -0.430. The van der Waals surface area contributed by atoms with Crippen LogP contribution in [-0.4, -0.2) is 22.0 Å². The van der Waals surface area contributed by atoms with Crippen molar-refractivity contribution in [2.24, 2.45) is 5.92 Å². The number of sulfonamides is 1. The molecule has 1 fully saturated rings. The molecule has 1 aliphatic rings. The van der Waals surface area contributed by atoms with Gasteiger partial charge in [0.15, 0.2) is 0 Å². The molecule has 120 valence electrons. The maximum absolute atomic E-state index is 12.3. The van der Waals surface area contributed by atoms with Crippen LogP contribution in [0.3, 0.4) is 0 Å². The Morgan fingerprint density at radius 1 is 1.29 bits per heavy atom. The third-order valence-corrected chi connectivity index (χ3v) is 7.34. The van der Waals surface area contributed by atoms with Gasteiger partial charge < -0.3 is 5.32 Å². The van der Waals surface area contributed by atoms with Gasteiger partial charge in [0.1, 0.15) is 4.21 Å². The first-order chi connectivity index (χ1) is 10.0. The molecule has 2 rings (SSSR count). The number of thiophene rings is 1. The molecule has 1 aromatic rings. The van der Waals surface area contributed by atoms with Crippen molar-refractivity contribution in [1.29, 1.82) is 0 Å². The van der Waals surface area contributed by atoms with E-state index in [1.807, 2.05) is 14.0 Å². The third-order valence-electron chi connectivity index (χ3n) is 4.17. The summed E-state index contributed by atoms with van der Waals surface area (Å²) in [5, 5.41) is 3.07. The van der Waals surface area contributed by atoms with Crippen molar-refractivity contribution in [3.05, 3.63) is 16.5 Å². The standard InChI is InChI=1S/C15H26N2O2S2/c1-12-10-15(20-14(12)11-16-2)21(18,19)17-9-8-13-6-4-3-5-7-13/h10,13,16-17H,3-9,11H2,1-2H3. The second kappa shape index (κ2) is 7.72. The zero-order chi connectivity index (χ0) is 15.3. The van der Waals surface area contributed by atoms with Crippen LogP contribution in [0.4, 0.5) is 0 Å². The summed E-state index contributed by atoms with van der Waals surface area (Å²) in [5.74, 6) is 0.700. The van der Waals surface area contributed by atoms with Crippen molar-refractivity contribution >= 4 is 21.4 Å². The smallest absolute Gasteiger partial charge is 0.250 e. The Kier molecular flexibility index (Phi) is 6.22. The lowest BCUT2D eigenvalue weighted by Gasteiger charge is -2.21. The van der Waals surface area contributed by atoms with Gasteiger partial charge in [-0.3, -0.25) is 0 Å². The molecule has 0 spiro atoms. The van der Waals surface area contributed by atoms with Gasteiger partial charge in [-0.1, -0.05) is 32.1 Å². The molecule has 0 atom stereocenters. The lowest BCUT2D eigenvalue weighted by Crippen LogP contribution is -2.26. The summed E-state index contributed by atoms with van der Waals surface area (Å²) in [6, 6.07) is 1.78. The van der Waals surface area contributed by atoms with Crippen LogP contribution in [-0.2, 0) is 16.6 Å². The fourth-order valence-electron chi connectivity index (χ4n) is 2.90. The first kappa shape index (κ1) is 16.9. The number of hydrogen-bond acceptors (Lipinski definition) is 4. The second-order valence-electron chi connectivity index (χ2n) is 5.89. The van der Waals surface area contributed by atoms with Gasteiger partial charge in [0.05, 0.1) is 0 Å². The molecule has 21 heavy (non-hydrogen) atoms. The molecule has 0 radical (unpaired) electrons.